The van der Waals surface area contributed by atoms with E-state index in [9.17, 15) is 4.79 Å². The van der Waals surface area contributed by atoms with Crippen LogP contribution in [0.2, 0.25) is 0 Å². The molecule has 188 valence electrons. The van der Waals surface area contributed by atoms with Gasteiger partial charge in [-0.25, -0.2) is 4.79 Å². The van der Waals surface area contributed by atoms with Crippen molar-refractivity contribution in [2.24, 2.45) is 0 Å². The Hall–Kier alpha value is -2.83. The highest BCUT2D eigenvalue weighted by atomic mass is 16.5. The van der Waals surface area contributed by atoms with Gasteiger partial charge in [-0.1, -0.05) is 43.7 Å². The molecule has 6 nitrogen and oxygen atoms in total. The van der Waals surface area contributed by atoms with E-state index in [4.69, 9.17) is 4.74 Å². The highest BCUT2D eigenvalue weighted by Crippen LogP contribution is 2.29. The molecule has 1 heterocycles. The SMILES string of the molecule is CCCCOc1ccc(-n2ccn(C3CCC(NC(CN(C)C)c4ccccc4)CC3)c2=O)cc1. The van der Waals surface area contributed by atoms with Crippen LogP contribution in [0.25, 0.3) is 5.69 Å². The molecule has 6 heteroatoms. The van der Waals surface area contributed by atoms with Crippen LogP contribution in [0.4, 0.5) is 0 Å². The monoisotopic (exact) mass is 476 g/mol. The van der Waals surface area contributed by atoms with Crippen LogP contribution in [0, 0.1) is 0 Å². The van der Waals surface area contributed by atoms with Crippen molar-refractivity contribution in [3.8, 4) is 11.4 Å². The number of hydrogen-bond donors (Lipinski definition) is 1. The summed E-state index contributed by atoms with van der Waals surface area (Å²) in [5.41, 5.74) is 2.25. The third kappa shape index (κ3) is 6.65. The van der Waals surface area contributed by atoms with Gasteiger partial charge in [0.25, 0.3) is 0 Å². The molecule has 1 saturated carbocycles. The molecule has 1 fully saturated rings. The van der Waals surface area contributed by atoms with Crippen molar-refractivity contribution >= 4 is 0 Å². The zero-order valence-corrected chi connectivity index (χ0v) is 21.4. The first-order valence-electron chi connectivity index (χ1n) is 13.0. The molecule has 0 bridgehead atoms. The summed E-state index contributed by atoms with van der Waals surface area (Å²) >= 11 is 0. The molecule has 1 atom stereocenters. The van der Waals surface area contributed by atoms with Gasteiger partial charge < -0.3 is 15.0 Å². The van der Waals surface area contributed by atoms with Gasteiger partial charge in [0.05, 0.1) is 12.3 Å². The van der Waals surface area contributed by atoms with Crippen molar-refractivity contribution < 1.29 is 4.74 Å². The first-order chi connectivity index (χ1) is 17.0. The van der Waals surface area contributed by atoms with E-state index in [1.165, 1.54) is 5.56 Å². The minimum absolute atomic E-state index is 0.0378. The number of hydrogen-bond acceptors (Lipinski definition) is 4. The summed E-state index contributed by atoms with van der Waals surface area (Å²) in [7, 11) is 4.25. The van der Waals surface area contributed by atoms with Crippen molar-refractivity contribution in [3.63, 3.8) is 0 Å². The van der Waals surface area contributed by atoms with E-state index in [-0.39, 0.29) is 11.7 Å². The standard InChI is InChI=1S/C29H40N4O2/c1-4-5-21-35-27-17-15-26(16-18-27)33-20-19-32(29(33)34)25-13-11-24(12-14-25)30-28(22-31(2)3)23-9-7-6-8-10-23/h6-10,15-20,24-25,28,30H,4-5,11-14,21-22H2,1-3H3. The second-order valence-electron chi connectivity index (χ2n) is 9.95. The normalized spacial score (nSPS) is 19.1. The van der Waals surface area contributed by atoms with E-state index in [2.05, 4.69) is 61.6 Å². The van der Waals surface area contributed by atoms with E-state index >= 15 is 0 Å². The molecule has 4 rings (SSSR count). The number of nitrogens with zero attached hydrogens (tertiary/aromatic N) is 3. The highest BCUT2D eigenvalue weighted by Gasteiger charge is 2.26. The number of likely N-dealkylation sites (N-methyl/N-ethyl adjacent to an activating group) is 1. The summed E-state index contributed by atoms with van der Waals surface area (Å²) in [6, 6.07) is 19.6. The molecule has 0 saturated heterocycles. The minimum atomic E-state index is 0.0378. The first-order valence-corrected chi connectivity index (χ1v) is 13.0. The van der Waals surface area contributed by atoms with Crippen molar-refractivity contribution in [1.29, 1.82) is 0 Å². The third-order valence-corrected chi connectivity index (χ3v) is 6.96. The van der Waals surface area contributed by atoms with Crippen LogP contribution in [-0.4, -0.2) is 47.3 Å². The van der Waals surface area contributed by atoms with Crippen molar-refractivity contribution in [2.45, 2.75) is 63.6 Å². The summed E-state index contributed by atoms with van der Waals surface area (Å²) in [6.45, 7) is 3.85. The number of nitrogens with one attached hydrogen (secondary N) is 1. The molecule has 0 aliphatic heterocycles. The van der Waals surface area contributed by atoms with Gasteiger partial charge in [0.2, 0.25) is 0 Å². The van der Waals surface area contributed by atoms with Crippen LogP contribution in [0.1, 0.15) is 63.1 Å². The lowest BCUT2D eigenvalue weighted by molar-refractivity contribution is 0.249. The zero-order chi connectivity index (χ0) is 24.6. The Bertz CT molecular complexity index is 1080. The minimum Gasteiger partial charge on any atom is -0.494 e. The first kappa shape index (κ1) is 25.3. The summed E-state index contributed by atoms with van der Waals surface area (Å²) < 4.78 is 9.42. The molecular formula is C29H40N4O2. The van der Waals surface area contributed by atoms with E-state index in [1.807, 2.05) is 41.2 Å². The van der Waals surface area contributed by atoms with E-state index < -0.39 is 0 Å². The van der Waals surface area contributed by atoms with E-state index in [0.29, 0.717) is 12.1 Å². The summed E-state index contributed by atoms with van der Waals surface area (Å²) in [6.07, 6.45) is 10.2. The van der Waals surface area contributed by atoms with Gasteiger partial charge in [-0.15, -0.1) is 0 Å². The van der Waals surface area contributed by atoms with Crippen LogP contribution in [-0.2, 0) is 0 Å². The Labute approximate surface area is 209 Å². The molecule has 35 heavy (non-hydrogen) atoms. The molecular weight excluding hydrogens is 436 g/mol. The molecule has 3 aromatic rings. The largest absolute Gasteiger partial charge is 0.494 e. The van der Waals surface area contributed by atoms with Gasteiger partial charge in [-0.2, -0.15) is 0 Å². The van der Waals surface area contributed by atoms with Crippen molar-refractivity contribution in [3.05, 3.63) is 83.0 Å². The average molecular weight is 477 g/mol. The van der Waals surface area contributed by atoms with Crippen molar-refractivity contribution in [2.75, 3.05) is 27.2 Å². The van der Waals surface area contributed by atoms with Gasteiger partial charge in [0.1, 0.15) is 5.75 Å². The lowest BCUT2D eigenvalue weighted by atomic mass is 9.90. The summed E-state index contributed by atoms with van der Waals surface area (Å²) in [5, 5.41) is 3.90. The van der Waals surface area contributed by atoms with Gasteiger partial charge in [-0.05, 0) is 76.0 Å². The third-order valence-electron chi connectivity index (χ3n) is 6.96. The molecule has 0 spiro atoms. The fourth-order valence-electron chi connectivity index (χ4n) is 5.01. The molecule has 2 aromatic carbocycles. The predicted molar refractivity (Wildman–Crippen MR) is 143 cm³/mol. The van der Waals surface area contributed by atoms with Gasteiger partial charge in [-0.3, -0.25) is 9.13 Å². The summed E-state index contributed by atoms with van der Waals surface area (Å²) in [5.74, 6) is 0.851. The number of ether oxygens (including phenoxy) is 1. The molecule has 0 amide bonds. The average Bonchev–Trinajstić information content (AvgIpc) is 3.26. The van der Waals surface area contributed by atoms with Crippen LogP contribution in [0.3, 0.4) is 0 Å². The highest BCUT2D eigenvalue weighted by molar-refractivity contribution is 5.37. The zero-order valence-electron chi connectivity index (χ0n) is 21.4. The number of benzene rings is 2. The quantitative estimate of drug-likeness (QED) is 0.387. The maximum atomic E-state index is 13.2. The Balaban J connectivity index is 1.36. The van der Waals surface area contributed by atoms with Gasteiger partial charge in [0.15, 0.2) is 0 Å². The smallest absolute Gasteiger partial charge is 0.332 e. The predicted octanol–water partition coefficient (Wildman–Crippen LogP) is 5.19. The topological polar surface area (TPSA) is 51.4 Å². The van der Waals surface area contributed by atoms with E-state index in [1.54, 1.807) is 4.57 Å². The molecule has 1 aliphatic carbocycles. The summed E-state index contributed by atoms with van der Waals surface area (Å²) in [4.78, 5) is 15.4. The molecule has 1 aromatic heterocycles. The number of rotatable bonds is 11. The lowest BCUT2D eigenvalue weighted by Crippen LogP contribution is -2.41. The number of aromatic nitrogens is 2. The number of unbranched alkanes of at least 4 members (excludes halogenated alkanes) is 1. The second-order valence-corrected chi connectivity index (χ2v) is 9.95. The molecule has 1 unspecified atom stereocenters. The Morgan fingerprint density at radius 1 is 1.00 bits per heavy atom. The Morgan fingerprint density at radius 2 is 1.71 bits per heavy atom. The van der Waals surface area contributed by atoms with Gasteiger partial charge in [0, 0.05) is 37.1 Å². The maximum absolute atomic E-state index is 13.2. The van der Waals surface area contributed by atoms with Crippen molar-refractivity contribution in [1.82, 2.24) is 19.4 Å². The fourth-order valence-corrected chi connectivity index (χ4v) is 5.01. The van der Waals surface area contributed by atoms with Crippen LogP contribution >= 0.6 is 0 Å². The number of imidazole rings is 1. The van der Waals surface area contributed by atoms with Crippen LogP contribution in [0.15, 0.2) is 71.8 Å². The second kappa shape index (κ2) is 12.2. The molecule has 1 N–H and O–H groups in total. The lowest BCUT2D eigenvalue weighted by Gasteiger charge is -2.33. The van der Waals surface area contributed by atoms with E-state index in [0.717, 1.165) is 63.1 Å². The Kier molecular flexibility index (Phi) is 8.83. The molecule has 0 radical (unpaired) electrons. The molecule has 1 aliphatic rings. The van der Waals surface area contributed by atoms with Crippen LogP contribution in [0.5, 0.6) is 5.75 Å². The fraction of sp³-hybridized carbons (Fsp3) is 0.483. The maximum Gasteiger partial charge on any atom is 0.332 e. The van der Waals surface area contributed by atoms with Gasteiger partial charge >= 0.3 is 5.69 Å². The van der Waals surface area contributed by atoms with Crippen LogP contribution < -0.4 is 15.7 Å². The Morgan fingerprint density at radius 3 is 2.37 bits per heavy atom.